The second kappa shape index (κ2) is 16.4. The Morgan fingerprint density at radius 2 is 1.42 bits per heavy atom. The molecule has 0 aromatic heterocycles. The number of alkyl carbamates (subject to hydrolysis) is 1. The van der Waals surface area contributed by atoms with Gasteiger partial charge in [-0.05, 0) is 43.9 Å². The highest BCUT2D eigenvalue weighted by Gasteiger charge is 2.51. The van der Waals surface area contributed by atoms with Crippen LogP contribution < -0.4 is 5.32 Å². The number of rotatable bonds is 13. The lowest BCUT2D eigenvalue weighted by Crippen LogP contribution is -2.65. The monoisotopic (exact) mass is 646 g/mol. The number of hydrogen-bond acceptors (Lipinski definition) is 11. The number of ether oxygens (including phenoxy) is 4. The van der Waals surface area contributed by atoms with Crippen LogP contribution in [0, 0.1) is 0 Å². The Morgan fingerprint density at radius 3 is 1.89 bits per heavy atom. The summed E-state index contributed by atoms with van der Waals surface area (Å²) in [5.74, 6) is -1.51. The van der Waals surface area contributed by atoms with Crippen LogP contribution in [0.5, 0.6) is 0 Å². The summed E-state index contributed by atoms with van der Waals surface area (Å²) in [5, 5.41) is 6.17. The quantitative estimate of drug-likeness (QED) is 0.0697. The van der Waals surface area contributed by atoms with Gasteiger partial charge in [-0.2, -0.15) is 0 Å². The molecule has 45 heavy (non-hydrogen) atoms. The van der Waals surface area contributed by atoms with Crippen molar-refractivity contribution in [3.63, 3.8) is 0 Å². The summed E-state index contributed by atoms with van der Waals surface area (Å²) in [4.78, 5) is 39.9. The molecule has 0 radical (unpaired) electrons. The molecule has 3 rings (SSSR count). The normalized spacial score (nSPS) is 21.6. The molecule has 15 heteroatoms. The average Bonchev–Trinajstić information content (AvgIpc) is 2.97. The first-order chi connectivity index (χ1) is 21.3. The number of amides is 1. The first-order valence-electron chi connectivity index (χ1n) is 14.3. The van der Waals surface area contributed by atoms with Gasteiger partial charge in [-0.15, -0.1) is 0 Å². The van der Waals surface area contributed by atoms with E-state index in [0.29, 0.717) is 0 Å². The molecule has 1 fully saturated rings. The van der Waals surface area contributed by atoms with Crippen LogP contribution in [0.4, 0.5) is 4.79 Å². The summed E-state index contributed by atoms with van der Waals surface area (Å²) in [5.41, 5.74) is 9.94. The molecule has 1 aliphatic heterocycles. The number of hydrogen-bond donors (Lipinski definition) is 1. The van der Waals surface area contributed by atoms with E-state index in [1.165, 1.54) is 0 Å². The summed E-state index contributed by atoms with van der Waals surface area (Å²) < 4.78 is 48.2. The van der Waals surface area contributed by atoms with Crippen LogP contribution in [-0.2, 0) is 55.4 Å². The van der Waals surface area contributed by atoms with Crippen LogP contribution in [0.1, 0.15) is 52.2 Å². The Bertz CT molecular complexity index is 1330. The molecule has 14 nitrogen and oxygen atoms in total. The van der Waals surface area contributed by atoms with Crippen molar-refractivity contribution >= 4 is 25.6 Å². The van der Waals surface area contributed by atoms with Crippen molar-refractivity contribution in [2.45, 2.75) is 90.4 Å². The largest absolute Gasteiger partial charge is 0.456 e. The lowest BCUT2D eigenvalue weighted by Gasteiger charge is -2.44. The SMILES string of the molecule is CC(=O)O[C@H]1[C@H](OC(C)=O)[C@@H](NC(=O)OC(C)(C)C)C(N=[N+]=[N-])O[C@@H]1CCP(=O)(OCc1ccccc1)OCc1ccccc1. The molecule has 0 saturated carbocycles. The molecule has 1 saturated heterocycles. The van der Waals surface area contributed by atoms with Gasteiger partial charge in [-0.3, -0.25) is 14.2 Å². The van der Waals surface area contributed by atoms with Crippen LogP contribution in [-0.4, -0.2) is 60.4 Å². The first kappa shape index (κ1) is 35.5. The Kier molecular flexibility index (Phi) is 13.0. The van der Waals surface area contributed by atoms with Crippen molar-refractivity contribution < 1.29 is 46.9 Å². The number of nitrogens with zero attached hydrogens (tertiary/aromatic N) is 3. The molecule has 0 bridgehead atoms. The number of benzene rings is 2. The molecule has 1 unspecified atom stereocenters. The lowest BCUT2D eigenvalue weighted by atomic mass is 9.94. The number of azide groups is 1. The molecule has 2 aromatic carbocycles. The molecule has 1 amide bonds. The van der Waals surface area contributed by atoms with Gasteiger partial charge in [0.05, 0.1) is 25.5 Å². The Hall–Kier alpha value is -3.93. The number of nitrogens with one attached hydrogen (secondary N) is 1. The second-order valence-electron chi connectivity index (χ2n) is 11.2. The van der Waals surface area contributed by atoms with Crippen LogP contribution in [0.15, 0.2) is 65.8 Å². The fourth-order valence-corrected chi connectivity index (χ4v) is 6.11. The van der Waals surface area contributed by atoms with Crippen molar-refractivity contribution in [1.82, 2.24) is 5.32 Å². The van der Waals surface area contributed by atoms with Gasteiger partial charge in [0.25, 0.3) is 0 Å². The standard InChI is InChI=1S/C30H39N4O10P/c1-20(35)41-26-24(43-28(33-34-31)25(27(26)42-21(2)36)32-29(37)44-30(3,4)5)16-17-45(38,39-18-22-12-8-6-9-13-22)40-19-23-14-10-7-11-15-23/h6-15,24-28H,16-19H2,1-5H3,(H,32,37)/t24-,25-,26-,27-,28?/m1/s1. The zero-order chi connectivity index (χ0) is 33.0. The van der Waals surface area contributed by atoms with Crippen molar-refractivity contribution in [3.8, 4) is 0 Å². The molecular formula is C30H39N4O10P. The van der Waals surface area contributed by atoms with E-state index in [1.807, 2.05) is 60.7 Å². The van der Waals surface area contributed by atoms with Crippen LogP contribution in [0.2, 0.25) is 0 Å². The fourth-order valence-electron chi connectivity index (χ4n) is 4.51. The summed E-state index contributed by atoms with van der Waals surface area (Å²) in [6.07, 6.45) is -6.48. The van der Waals surface area contributed by atoms with E-state index in [-0.39, 0.29) is 25.8 Å². The van der Waals surface area contributed by atoms with Crippen LogP contribution in [0.25, 0.3) is 10.4 Å². The molecule has 2 aromatic rings. The zero-order valence-electron chi connectivity index (χ0n) is 25.9. The Morgan fingerprint density at radius 1 is 0.911 bits per heavy atom. The third-order valence-electron chi connectivity index (χ3n) is 6.35. The van der Waals surface area contributed by atoms with E-state index in [0.717, 1.165) is 25.0 Å². The van der Waals surface area contributed by atoms with Gasteiger partial charge in [0, 0.05) is 18.8 Å². The molecule has 1 N–H and O–H groups in total. The highest BCUT2D eigenvalue weighted by Crippen LogP contribution is 2.51. The van der Waals surface area contributed by atoms with Crippen LogP contribution >= 0.6 is 7.60 Å². The highest BCUT2D eigenvalue weighted by molar-refractivity contribution is 7.53. The third-order valence-corrected chi connectivity index (χ3v) is 8.20. The van der Waals surface area contributed by atoms with Gasteiger partial charge < -0.3 is 33.3 Å². The molecule has 0 aliphatic carbocycles. The maximum atomic E-state index is 14.1. The predicted molar refractivity (Wildman–Crippen MR) is 162 cm³/mol. The van der Waals surface area contributed by atoms with Crippen molar-refractivity contribution in [2.75, 3.05) is 6.16 Å². The smallest absolute Gasteiger partial charge is 0.408 e. The van der Waals surface area contributed by atoms with E-state index in [9.17, 15) is 24.5 Å². The number of carbonyl (C=O) groups excluding carboxylic acids is 3. The van der Waals surface area contributed by atoms with E-state index in [2.05, 4.69) is 15.3 Å². The summed E-state index contributed by atoms with van der Waals surface area (Å²) in [7, 11) is -3.84. The van der Waals surface area contributed by atoms with Crippen molar-refractivity contribution in [3.05, 3.63) is 82.2 Å². The summed E-state index contributed by atoms with van der Waals surface area (Å²) in [6.45, 7) is 7.20. The van der Waals surface area contributed by atoms with E-state index < -0.39 is 61.8 Å². The lowest BCUT2D eigenvalue weighted by molar-refractivity contribution is -0.214. The molecule has 1 aliphatic rings. The summed E-state index contributed by atoms with van der Waals surface area (Å²) in [6, 6.07) is 16.9. The van der Waals surface area contributed by atoms with Gasteiger partial charge in [0.15, 0.2) is 18.4 Å². The Labute approximate surface area is 261 Å². The first-order valence-corrected chi connectivity index (χ1v) is 16.0. The van der Waals surface area contributed by atoms with Crippen LogP contribution in [0.3, 0.4) is 0 Å². The highest BCUT2D eigenvalue weighted by atomic mass is 31.2. The van der Waals surface area contributed by atoms with E-state index in [4.69, 9.17) is 28.0 Å². The van der Waals surface area contributed by atoms with Gasteiger partial charge in [-0.25, -0.2) is 4.79 Å². The van der Waals surface area contributed by atoms with Gasteiger partial charge in [0.1, 0.15) is 11.6 Å². The van der Waals surface area contributed by atoms with Gasteiger partial charge >= 0.3 is 25.6 Å². The van der Waals surface area contributed by atoms with E-state index >= 15 is 0 Å². The molecule has 1 heterocycles. The minimum absolute atomic E-state index is 0.00882. The average molecular weight is 647 g/mol. The molecule has 0 spiro atoms. The maximum absolute atomic E-state index is 14.1. The van der Waals surface area contributed by atoms with Gasteiger partial charge in [-0.1, -0.05) is 65.8 Å². The predicted octanol–water partition coefficient (Wildman–Crippen LogP) is 5.80. The van der Waals surface area contributed by atoms with E-state index in [1.54, 1.807) is 20.8 Å². The molecule has 244 valence electrons. The summed E-state index contributed by atoms with van der Waals surface area (Å²) >= 11 is 0. The number of carbonyl (C=O) groups is 3. The fraction of sp³-hybridized carbons (Fsp3) is 0.500. The Balaban J connectivity index is 1.90. The minimum Gasteiger partial charge on any atom is -0.456 e. The topological polar surface area (TPSA) is 184 Å². The van der Waals surface area contributed by atoms with Crippen molar-refractivity contribution in [1.29, 1.82) is 0 Å². The minimum atomic E-state index is -3.84. The third kappa shape index (κ3) is 11.8. The maximum Gasteiger partial charge on any atom is 0.408 e. The van der Waals surface area contributed by atoms with Crippen molar-refractivity contribution in [2.24, 2.45) is 5.11 Å². The van der Waals surface area contributed by atoms with Gasteiger partial charge in [0.2, 0.25) is 0 Å². The zero-order valence-corrected chi connectivity index (χ0v) is 26.8. The molecule has 5 atom stereocenters. The number of esters is 2. The second-order valence-corrected chi connectivity index (χ2v) is 13.4. The molecular weight excluding hydrogens is 607 g/mol.